The van der Waals surface area contributed by atoms with Crippen LogP contribution in [0, 0.1) is 5.92 Å². The van der Waals surface area contributed by atoms with Gasteiger partial charge in [-0.2, -0.15) is 0 Å². The highest BCUT2D eigenvalue weighted by atomic mass is 14.9. The van der Waals surface area contributed by atoms with Crippen molar-refractivity contribution in [3.63, 3.8) is 0 Å². The number of hydrogen-bond donors (Lipinski definition) is 1. The second-order valence-corrected chi connectivity index (χ2v) is 5.45. The molecular weight excluding hydrogens is 230 g/mol. The van der Waals surface area contributed by atoms with Gasteiger partial charge in [-0.15, -0.1) is 0 Å². The summed E-state index contributed by atoms with van der Waals surface area (Å²) >= 11 is 0. The highest BCUT2D eigenvalue weighted by Crippen LogP contribution is 2.23. The molecule has 2 aromatic rings. The lowest BCUT2D eigenvalue weighted by molar-refractivity contribution is 0.400. The van der Waals surface area contributed by atoms with Gasteiger partial charge < -0.3 is 5.32 Å². The highest BCUT2D eigenvalue weighted by Gasteiger charge is 2.17. The van der Waals surface area contributed by atoms with Crippen molar-refractivity contribution in [2.75, 3.05) is 0 Å². The summed E-state index contributed by atoms with van der Waals surface area (Å²) < 4.78 is 0. The summed E-state index contributed by atoms with van der Waals surface area (Å²) in [4.78, 5) is 0. The maximum Gasteiger partial charge on any atom is 0.0578 e. The first-order valence-electron chi connectivity index (χ1n) is 7.04. The molecule has 0 aliphatic heterocycles. The molecule has 1 atom stereocenters. The van der Waals surface area contributed by atoms with Crippen LogP contribution in [0.2, 0.25) is 0 Å². The van der Waals surface area contributed by atoms with Crippen LogP contribution < -0.4 is 5.32 Å². The fourth-order valence-corrected chi connectivity index (χ4v) is 2.13. The van der Waals surface area contributed by atoms with Gasteiger partial charge in [0.25, 0.3) is 0 Å². The molecule has 2 aromatic carbocycles. The normalized spacial score (nSPS) is 12.9. The van der Waals surface area contributed by atoms with Crippen molar-refractivity contribution < 1.29 is 0 Å². The van der Waals surface area contributed by atoms with E-state index in [0.29, 0.717) is 12.0 Å². The number of benzene rings is 2. The van der Waals surface area contributed by atoms with E-state index in [1.807, 2.05) is 0 Å². The molecule has 0 bridgehead atoms. The first kappa shape index (κ1) is 13.8. The van der Waals surface area contributed by atoms with Crippen LogP contribution in [0.5, 0.6) is 0 Å². The molecule has 1 nitrogen and oxygen atoms in total. The monoisotopic (exact) mass is 253 g/mol. The van der Waals surface area contributed by atoms with Crippen LogP contribution >= 0.6 is 0 Å². The van der Waals surface area contributed by atoms with Gasteiger partial charge >= 0.3 is 0 Å². The van der Waals surface area contributed by atoms with Gasteiger partial charge in [-0.25, -0.2) is 0 Å². The first-order chi connectivity index (χ1) is 9.18. The van der Waals surface area contributed by atoms with Gasteiger partial charge in [-0.1, -0.05) is 74.5 Å². The lowest BCUT2D eigenvalue weighted by atomic mass is 9.96. The molecule has 0 aliphatic carbocycles. The van der Waals surface area contributed by atoms with Crippen LogP contribution in [0.15, 0.2) is 60.7 Å². The fraction of sp³-hybridized carbons (Fsp3) is 0.333. The van der Waals surface area contributed by atoms with Crippen LogP contribution in [-0.4, -0.2) is 6.04 Å². The van der Waals surface area contributed by atoms with E-state index in [2.05, 4.69) is 86.8 Å². The summed E-state index contributed by atoms with van der Waals surface area (Å²) in [5.74, 6) is 0.620. The zero-order chi connectivity index (χ0) is 13.7. The summed E-state index contributed by atoms with van der Waals surface area (Å²) in [7, 11) is 0. The van der Waals surface area contributed by atoms with Gasteiger partial charge in [0.15, 0.2) is 0 Å². The molecule has 0 heterocycles. The Morgan fingerprint density at radius 1 is 0.684 bits per heavy atom. The smallest absolute Gasteiger partial charge is 0.0578 e. The quantitative estimate of drug-likeness (QED) is 0.832. The van der Waals surface area contributed by atoms with Crippen molar-refractivity contribution in [3.8, 4) is 0 Å². The van der Waals surface area contributed by atoms with Gasteiger partial charge in [0.05, 0.1) is 6.04 Å². The van der Waals surface area contributed by atoms with Crippen molar-refractivity contribution in [1.82, 2.24) is 5.32 Å². The van der Waals surface area contributed by atoms with Crippen LogP contribution in [0.4, 0.5) is 0 Å². The molecule has 0 saturated heterocycles. The van der Waals surface area contributed by atoms with E-state index < -0.39 is 0 Å². The molecule has 19 heavy (non-hydrogen) atoms. The van der Waals surface area contributed by atoms with Crippen LogP contribution in [-0.2, 0) is 0 Å². The van der Waals surface area contributed by atoms with Gasteiger partial charge in [0.2, 0.25) is 0 Å². The second kappa shape index (κ2) is 6.53. The standard InChI is InChI=1S/C18H23N/c1-14(2)15(3)19-18(16-10-6-4-7-11-16)17-12-8-5-9-13-17/h4-15,18-19H,1-3H3. The predicted octanol–water partition coefficient (Wildman–Crippen LogP) is 4.41. The Labute approximate surface area is 116 Å². The van der Waals surface area contributed by atoms with Gasteiger partial charge in [0, 0.05) is 6.04 Å². The average Bonchev–Trinajstić information content (AvgIpc) is 2.46. The third kappa shape index (κ3) is 3.68. The lowest BCUT2D eigenvalue weighted by Gasteiger charge is -2.26. The SMILES string of the molecule is CC(C)C(C)NC(c1ccccc1)c1ccccc1. The second-order valence-electron chi connectivity index (χ2n) is 5.45. The molecular formula is C18H23N. The fourth-order valence-electron chi connectivity index (χ4n) is 2.13. The van der Waals surface area contributed by atoms with Gasteiger partial charge in [0.1, 0.15) is 0 Å². The van der Waals surface area contributed by atoms with Crippen LogP contribution in [0.1, 0.15) is 37.9 Å². The van der Waals surface area contributed by atoms with E-state index in [1.165, 1.54) is 11.1 Å². The van der Waals surface area contributed by atoms with E-state index in [4.69, 9.17) is 0 Å². The topological polar surface area (TPSA) is 12.0 Å². The van der Waals surface area contributed by atoms with Crippen LogP contribution in [0.25, 0.3) is 0 Å². The van der Waals surface area contributed by atoms with Gasteiger partial charge in [-0.3, -0.25) is 0 Å². The molecule has 0 fully saturated rings. The minimum absolute atomic E-state index is 0.264. The van der Waals surface area contributed by atoms with Crippen molar-refractivity contribution in [3.05, 3.63) is 71.8 Å². The number of rotatable bonds is 5. The third-order valence-electron chi connectivity index (χ3n) is 3.70. The Morgan fingerprint density at radius 2 is 1.11 bits per heavy atom. The number of nitrogens with one attached hydrogen (secondary N) is 1. The minimum Gasteiger partial charge on any atom is -0.303 e. The maximum absolute atomic E-state index is 3.75. The van der Waals surface area contributed by atoms with E-state index in [1.54, 1.807) is 0 Å². The van der Waals surface area contributed by atoms with Crippen LogP contribution in [0.3, 0.4) is 0 Å². The Morgan fingerprint density at radius 3 is 1.47 bits per heavy atom. The number of hydrogen-bond acceptors (Lipinski definition) is 1. The van der Waals surface area contributed by atoms with Crippen molar-refractivity contribution in [2.45, 2.75) is 32.9 Å². The molecule has 1 N–H and O–H groups in total. The molecule has 0 aromatic heterocycles. The van der Waals surface area contributed by atoms with E-state index >= 15 is 0 Å². The maximum atomic E-state index is 3.75. The average molecular weight is 253 g/mol. The molecule has 0 aliphatic rings. The van der Waals surface area contributed by atoms with E-state index in [0.717, 1.165) is 0 Å². The van der Waals surface area contributed by atoms with Crippen molar-refractivity contribution in [1.29, 1.82) is 0 Å². The zero-order valence-electron chi connectivity index (χ0n) is 12.0. The molecule has 0 saturated carbocycles. The van der Waals surface area contributed by atoms with E-state index in [9.17, 15) is 0 Å². The molecule has 0 radical (unpaired) electrons. The third-order valence-corrected chi connectivity index (χ3v) is 3.70. The lowest BCUT2D eigenvalue weighted by Crippen LogP contribution is -2.34. The summed E-state index contributed by atoms with van der Waals surface area (Å²) in [6.07, 6.45) is 0. The Balaban J connectivity index is 2.29. The van der Waals surface area contributed by atoms with Crippen molar-refractivity contribution in [2.24, 2.45) is 5.92 Å². The minimum atomic E-state index is 0.264. The summed E-state index contributed by atoms with van der Waals surface area (Å²) in [5.41, 5.74) is 2.64. The van der Waals surface area contributed by atoms with Crippen molar-refractivity contribution >= 4 is 0 Å². The molecule has 0 amide bonds. The molecule has 1 unspecified atom stereocenters. The molecule has 1 heteroatoms. The predicted molar refractivity (Wildman–Crippen MR) is 82.2 cm³/mol. The molecule has 100 valence electrons. The summed E-state index contributed by atoms with van der Waals surface area (Å²) in [6.45, 7) is 6.76. The van der Waals surface area contributed by atoms with Gasteiger partial charge in [-0.05, 0) is 24.0 Å². The first-order valence-corrected chi connectivity index (χ1v) is 7.04. The Hall–Kier alpha value is -1.60. The largest absolute Gasteiger partial charge is 0.303 e. The Bertz CT molecular complexity index is 436. The zero-order valence-corrected chi connectivity index (χ0v) is 12.0. The van der Waals surface area contributed by atoms with E-state index in [-0.39, 0.29) is 6.04 Å². The highest BCUT2D eigenvalue weighted by molar-refractivity contribution is 5.31. The molecule has 2 rings (SSSR count). The summed E-state index contributed by atoms with van der Waals surface area (Å²) in [6, 6.07) is 22.1. The Kier molecular flexibility index (Phi) is 4.75. The summed E-state index contributed by atoms with van der Waals surface area (Å²) in [5, 5.41) is 3.75. The molecule has 0 spiro atoms.